The van der Waals surface area contributed by atoms with Gasteiger partial charge < -0.3 is 0 Å². The number of aromatic nitrogens is 4. The van der Waals surface area contributed by atoms with Crippen molar-refractivity contribution in [3.05, 3.63) is 88.6 Å². The molecule has 4 aromatic rings. The Hall–Kier alpha value is -3.74. The zero-order chi connectivity index (χ0) is 19.5. The lowest BCUT2D eigenvalue weighted by Crippen LogP contribution is -2.37. The molecule has 28 heavy (non-hydrogen) atoms. The lowest BCUT2D eigenvalue weighted by Gasteiger charge is -2.13. The lowest BCUT2D eigenvalue weighted by atomic mass is 10.1. The number of amides is 1. The van der Waals surface area contributed by atoms with Crippen LogP contribution >= 0.6 is 0 Å². The second-order valence-corrected chi connectivity index (χ2v) is 6.35. The number of hydrogen-bond donors (Lipinski definition) is 1. The van der Waals surface area contributed by atoms with Gasteiger partial charge in [0.15, 0.2) is 5.65 Å². The Morgan fingerprint density at radius 3 is 2.39 bits per heavy atom. The van der Waals surface area contributed by atoms with Crippen molar-refractivity contribution in [1.82, 2.24) is 19.4 Å². The Balaban J connectivity index is 1.72. The van der Waals surface area contributed by atoms with Crippen LogP contribution in [0.5, 0.6) is 0 Å². The van der Waals surface area contributed by atoms with Gasteiger partial charge in [-0.25, -0.2) is 14.3 Å². The molecule has 0 radical (unpaired) electrons. The molecule has 7 heteroatoms. The normalized spacial score (nSPS) is 10.9. The molecule has 0 fully saturated rings. The molecule has 0 bridgehead atoms. The van der Waals surface area contributed by atoms with E-state index in [1.807, 2.05) is 67.6 Å². The van der Waals surface area contributed by atoms with Gasteiger partial charge in [0.05, 0.1) is 18.3 Å². The molecule has 2 aromatic heterocycles. The van der Waals surface area contributed by atoms with E-state index in [-0.39, 0.29) is 17.9 Å². The number of fused-ring (bicyclic) bond motifs is 1. The van der Waals surface area contributed by atoms with E-state index in [0.29, 0.717) is 23.3 Å². The van der Waals surface area contributed by atoms with Crippen molar-refractivity contribution in [2.75, 3.05) is 5.43 Å². The van der Waals surface area contributed by atoms with Crippen molar-refractivity contribution in [2.45, 2.75) is 19.8 Å². The van der Waals surface area contributed by atoms with E-state index in [0.717, 1.165) is 11.3 Å². The molecule has 2 aromatic carbocycles. The fourth-order valence-corrected chi connectivity index (χ4v) is 3.07. The van der Waals surface area contributed by atoms with Gasteiger partial charge in [0.2, 0.25) is 5.91 Å². The summed E-state index contributed by atoms with van der Waals surface area (Å²) in [6.45, 7) is 1.89. The number of hydrogen-bond acceptors (Lipinski definition) is 4. The quantitative estimate of drug-likeness (QED) is 0.583. The van der Waals surface area contributed by atoms with Gasteiger partial charge in [0.1, 0.15) is 11.2 Å². The topological polar surface area (TPSA) is 81.8 Å². The van der Waals surface area contributed by atoms with Crippen LogP contribution in [-0.4, -0.2) is 25.3 Å². The first-order valence-corrected chi connectivity index (χ1v) is 9.06. The van der Waals surface area contributed by atoms with Crippen LogP contribution in [0.15, 0.2) is 71.7 Å². The number of aryl methyl sites for hydroxylation is 1. The van der Waals surface area contributed by atoms with Crippen LogP contribution in [0.25, 0.3) is 16.7 Å². The maximum atomic E-state index is 13.0. The predicted molar refractivity (Wildman–Crippen MR) is 107 cm³/mol. The molecule has 0 unspecified atom stereocenters. The Kier molecular flexibility index (Phi) is 4.72. The molecule has 0 saturated carbocycles. The van der Waals surface area contributed by atoms with E-state index in [9.17, 15) is 9.59 Å². The molecule has 1 N–H and O–H groups in total. The average molecular weight is 373 g/mol. The largest absolute Gasteiger partial charge is 0.283 e. The van der Waals surface area contributed by atoms with Crippen LogP contribution in [0.1, 0.15) is 18.3 Å². The van der Waals surface area contributed by atoms with Gasteiger partial charge in [-0.15, -0.1) is 0 Å². The van der Waals surface area contributed by atoms with Gasteiger partial charge in [-0.2, -0.15) is 5.10 Å². The zero-order valence-electron chi connectivity index (χ0n) is 15.4. The molecule has 0 aliphatic rings. The molecule has 0 atom stereocenters. The Morgan fingerprint density at radius 2 is 1.71 bits per heavy atom. The smallest absolute Gasteiger partial charge is 0.273 e. The molecule has 1 amide bonds. The highest BCUT2D eigenvalue weighted by atomic mass is 16.2. The van der Waals surface area contributed by atoms with Crippen LogP contribution < -0.4 is 11.0 Å². The second-order valence-electron chi connectivity index (χ2n) is 6.35. The fraction of sp³-hybridized carbons (Fsp3) is 0.143. The minimum absolute atomic E-state index is 0.178. The first-order valence-electron chi connectivity index (χ1n) is 9.06. The molecule has 0 aliphatic heterocycles. The summed E-state index contributed by atoms with van der Waals surface area (Å²) in [4.78, 5) is 30.0. The fourth-order valence-electron chi connectivity index (χ4n) is 3.07. The maximum absolute atomic E-state index is 13.0. The summed E-state index contributed by atoms with van der Waals surface area (Å²) in [5, 5.41) is 4.67. The third-order valence-corrected chi connectivity index (χ3v) is 4.43. The number of nitrogens with zero attached hydrogens (tertiary/aromatic N) is 4. The van der Waals surface area contributed by atoms with Crippen molar-refractivity contribution in [3.8, 4) is 5.69 Å². The number of para-hydroxylation sites is 1. The molecule has 0 aliphatic carbocycles. The third-order valence-electron chi connectivity index (χ3n) is 4.43. The van der Waals surface area contributed by atoms with Gasteiger partial charge >= 0.3 is 0 Å². The molecular formula is C21H19N5O2. The predicted octanol–water partition coefficient (Wildman–Crippen LogP) is 2.46. The number of benzene rings is 2. The summed E-state index contributed by atoms with van der Waals surface area (Å²) in [6.07, 6.45) is 2.14. The summed E-state index contributed by atoms with van der Waals surface area (Å²) in [7, 11) is 0. The highest BCUT2D eigenvalue weighted by molar-refractivity contribution is 5.86. The molecule has 140 valence electrons. The van der Waals surface area contributed by atoms with E-state index < -0.39 is 0 Å². The highest BCUT2D eigenvalue weighted by Gasteiger charge is 2.16. The van der Waals surface area contributed by atoms with Crippen molar-refractivity contribution < 1.29 is 4.79 Å². The Labute approximate surface area is 161 Å². The van der Waals surface area contributed by atoms with Crippen LogP contribution in [0.4, 0.5) is 0 Å². The molecule has 2 heterocycles. The average Bonchev–Trinajstić information content (AvgIpc) is 3.15. The van der Waals surface area contributed by atoms with Crippen LogP contribution in [0, 0.1) is 0 Å². The van der Waals surface area contributed by atoms with E-state index in [4.69, 9.17) is 0 Å². The van der Waals surface area contributed by atoms with Crippen molar-refractivity contribution in [2.24, 2.45) is 0 Å². The van der Waals surface area contributed by atoms with Crippen LogP contribution in [-0.2, 0) is 17.6 Å². The van der Waals surface area contributed by atoms with Crippen LogP contribution in [0.2, 0.25) is 0 Å². The van der Waals surface area contributed by atoms with Gasteiger partial charge in [0, 0.05) is 6.42 Å². The van der Waals surface area contributed by atoms with Gasteiger partial charge in [-0.1, -0.05) is 55.5 Å². The number of nitrogens with one attached hydrogen (secondary N) is 1. The monoisotopic (exact) mass is 373 g/mol. The minimum atomic E-state index is -0.342. The van der Waals surface area contributed by atoms with E-state index in [1.54, 1.807) is 4.68 Å². The number of carbonyl (C=O) groups excluding carboxylic acids is 1. The zero-order valence-corrected chi connectivity index (χ0v) is 15.4. The first-order chi connectivity index (χ1) is 13.7. The lowest BCUT2D eigenvalue weighted by molar-refractivity contribution is -0.116. The standard InChI is InChI=1S/C21H19N5O2/c1-2-18-23-20-17(14-22-25(20)16-11-7-4-8-12-16)21(28)26(18)24-19(27)13-15-9-5-3-6-10-15/h3-12,14H,2,13H2,1H3,(H,24,27). The van der Waals surface area contributed by atoms with Crippen molar-refractivity contribution >= 4 is 16.9 Å². The molecule has 7 nitrogen and oxygen atoms in total. The molecule has 0 spiro atoms. The number of carbonyl (C=O) groups is 1. The van der Waals surface area contributed by atoms with Gasteiger partial charge in [-0.3, -0.25) is 15.0 Å². The second kappa shape index (κ2) is 7.48. The summed E-state index contributed by atoms with van der Waals surface area (Å²) in [5.74, 6) is 0.191. The first kappa shape index (κ1) is 17.7. The SMILES string of the molecule is CCc1nc2c(cnn2-c2ccccc2)c(=O)n1NC(=O)Cc1ccccc1. The van der Waals surface area contributed by atoms with Gasteiger partial charge in [-0.05, 0) is 17.7 Å². The van der Waals surface area contributed by atoms with Gasteiger partial charge in [0.25, 0.3) is 5.56 Å². The molecular weight excluding hydrogens is 354 g/mol. The molecule has 0 saturated heterocycles. The van der Waals surface area contributed by atoms with E-state index in [1.165, 1.54) is 10.9 Å². The Morgan fingerprint density at radius 1 is 1.04 bits per heavy atom. The minimum Gasteiger partial charge on any atom is -0.273 e. The van der Waals surface area contributed by atoms with Crippen molar-refractivity contribution in [1.29, 1.82) is 0 Å². The maximum Gasteiger partial charge on any atom is 0.283 e. The Bertz CT molecular complexity index is 1180. The summed E-state index contributed by atoms with van der Waals surface area (Å²) >= 11 is 0. The summed E-state index contributed by atoms with van der Waals surface area (Å²) in [6, 6.07) is 18.9. The summed E-state index contributed by atoms with van der Waals surface area (Å²) in [5.41, 5.74) is 4.51. The highest BCUT2D eigenvalue weighted by Crippen LogP contribution is 2.14. The van der Waals surface area contributed by atoms with E-state index >= 15 is 0 Å². The van der Waals surface area contributed by atoms with E-state index in [2.05, 4.69) is 15.5 Å². The number of rotatable bonds is 5. The third kappa shape index (κ3) is 3.29. The molecule has 4 rings (SSSR count). The summed E-state index contributed by atoms with van der Waals surface area (Å²) < 4.78 is 2.86. The van der Waals surface area contributed by atoms with Crippen molar-refractivity contribution in [3.63, 3.8) is 0 Å². The van der Waals surface area contributed by atoms with Crippen LogP contribution in [0.3, 0.4) is 0 Å².